The second-order valence-electron chi connectivity index (χ2n) is 5.62. The summed E-state index contributed by atoms with van der Waals surface area (Å²) in [7, 11) is 0. The lowest BCUT2D eigenvalue weighted by Gasteiger charge is -2.26. The topological polar surface area (TPSA) is 70.7 Å². The van der Waals surface area contributed by atoms with Crippen molar-refractivity contribution in [2.45, 2.75) is 45.6 Å². The average molecular weight is 450 g/mol. The van der Waals surface area contributed by atoms with E-state index in [1.807, 2.05) is 4.90 Å². The van der Waals surface area contributed by atoms with E-state index in [1.54, 1.807) is 11.3 Å². The van der Waals surface area contributed by atoms with Crippen molar-refractivity contribution >= 4 is 47.2 Å². The highest BCUT2D eigenvalue weighted by Gasteiger charge is 2.20. The number of thiophene rings is 1. The number of nitrogens with one attached hydrogen (secondary N) is 1. The molecule has 1 aliphatic heterocycles. The van der Waals surface area contributed by atoms with Crippen molar-refractivity contribution in [1.82, 2.24) is 10.2 Å². The van der Waals surface area contributed by atoms with E-state index in [0.717, 1.165) is 25.9 Å². The number of carbonyl (C=O) groups excluding carboxylic acids is 1. The molecule has 0 bridgehead atoms. The van der Waals surface area contributed by atoms with Gasteiger partial charge in [-0.05, 0) is 29.9 Å². The first kappa shape index (κ1) is 20.2. The molecule has 2 rings (SSSR count). The molecule has 0 saturated heterocycles. The van der Waals surface area contributed by atoms with E-state index in [2.05, 4.69) is 28.7 Å². The molecule has 5 nitrogen and oxygen atoms in total. The number of nitrogens with two attached hydrogens (primary N) is 1. The van der Waals surface area contributed by atoms with Crippen LogP contribution in [0.2, 0.25) is 0 Å². The van der Waals surface area contributed by atoms with Crippen molar-refractivity contribution in [1.29, 1.82) is 0 Å². The van der Waals surface area contributed by atoms with Crippen molar-refractivity contribution in [2.75, 3.05) is 19.6 Å². The lowest BCUT2D eigenvalue weighted by molar-refractivity contribution is -0.130. The van der Waals surface area contributed by atoms with Crippen LogP contribution in [0.5, 0.6) is 0 Å². The molecule has 0 unspecified atom stereocenters. The van der Waals surface area contributed by atoms with Gasteiger partial charge in [0.25, 0.3) is 0 Å². The number of hydrogen-bond donors (Lipinski definition) is 2. The van der Waals surface area contributed by atoms with E-state index in [0.29, 0.717) is 12.5 Å². The molecule has 0 atom stereocenters. The number of unbranched alkanes of at least 4 members (excludes halogenated alkanes) is 3. The van der Waals surface area contributed by atoms with Crippen LogP contribution in [0.1, 0.15) is 43.0 Å². The molecule has 0 aromatic carbocycles. The van der Waals surface area contributed by atoms with Gasteiger partial charge in [0.1, 0.15) is 6.54 Å². The lowest BCUT2D eigenvalue weighted by atomic mass is 10.1. The molecule has 1 aromatic heterocycles. The minimum absolute atomic E-state index is 0. The molecule has 0 radical (unpaired) electrons. The smallest absolute Gasteiger partial charge is 0.244 e. The predicted molar refractivity (Wildman–Crippen MR) is 107 cm³/mol. The van der Waals surface area contributed by atoms with Gasteiger partial charge in [0.2, 0.25) is 5.91 Å². The molecular weight excluding hydrogens is 423 g/mol. The van der Waals surface area contributed by atoms with Gasteiger partial charge in [0.15, 0.2) is 5.96 Å². The number of rotatable bonds is 7. The molecule has 0 fully saturated rings. The second-order valence-corrected chi connectivity index (χ2v) is 6.62. The fourth-order valence-corrected chi connectivity index (χ4v) is 3.43. The Morgan fingerprint density at radius 2 is 2.26 bits per heavy atom. The summed E-state index contributed by atoms with van der Waals surface area (Å²) in [6.45, 7) is 4.64. The van der Waals surface area contributed by atoms with E-state index in [1.165, 1.54) is 29.7 Å². The molecule has 2 heterocycles. The first-order valence-electron chi connectivity index (χ1n) is 8.07. The minimum atomic E-state index is 0. The zero-order valence-corrected chi connectivity index (χ0v) is 16.9. The zero-order valence-electron chi connectivity index (χ0n) is 13.7. The number of hydrogen-bond acceptors (Lipinski definition) is 3. The van der Waals surface area contributed by atoms with Crippen molar-refractivity contribution < 1.29 is 4.79 Å². The molecular formula is C16H27IN4OS. The van der Waals surface area contributed by atoms with Crippen LogP contribution in [-0.4, -0.2) is 36.4 Å². The van der Waals surface area contributed by atoms with Crippen molar-refractivity contribution in [3.8, 4) is 0 Å². The van der Waals surface area contributed by atoms with Crippen molar-refractivity contribution in [3.63, 3.8) is 0 Å². The third-order valence-electron chi connectivity index (χ3n) is 3.88. The Morgan fingerprint density at radius 1 is 1.43 bits per heavy atom. The number of nitrogens with zero attached hydrogens (tertiary/aromatic N) is 2. The first-order chi connectivity index (χ1) is 10.7. The third-order valence-corrected chi connectivity index (χ3v) is 4.90. The number of guanidine groups is 1. The maximum atomic E-state index is 12.2. The van der Waals surface area contributed by atoms with Crippen LogP contribution in [0.4, 0.5) is 0 Å². The maximum Gasteiger partial charge on any atom is 0.244 e. The highest BCUT2D eigenvalue weighted by Crippen LogP contribution is 2.23. The standard InChI is InChI=1S/C16H26N4OS.HI/c1-2-3-4-5-8-18-16(17)19-11-15(21)20-9-6-14-13(12-20)7-10-22-14;/h7,10H,2-6,8-9,11-12H2,1H3,(H3,17,18,19);1H. The van der Waals surface area contributed by atoms with Gasteiger partial charge in [-0.1, -0.05) is 26.2 Å². The van der Waals surface area contributed by atoms with Gasteiger partial charge in [-0.2, -0.15) is 0 Å². The Morgan fingerprint density at radius 3 is 3.04 bits per heavy atom. The quantitative estimate of drug-likeness (QED) is 0.291. The van der Waals surface area contributed by atoms with Gasteiger partial charge in [-0.15, -0.1) is 35.3 Å². The summed E-state index contributed by atoms with van der Waals surface area (Å²) in [5.74, 6) is 0.422. The third kappa shape index (κ3) is 6.66. The fourth-order valence-electron chi connectivity index (χ4n) is 2.54. The molecule has 130 valence electrons. The normalized spacial score (nSPS) is 14.1. The summed E-state index contributed by atoms with van der Waals surface area (Å²) in [6.07, 6.45) is 5.71. The Kier molecular flexibility index (Phi) is 9.54. The number of fused-ring (bicyclic) bond motifs is 1. The second kappa shape index (κ2) is 10.9. The van der Waals surface area contributed by atoms with Crippen LogP contribution in [-0.2, 0) is 17.8 Å². The van der Waals surface area contributed by atoms with Gasteiger partial charge in [0.05, 0.1) is 0 Å². The van der Waals surface area contributed by atoms with E-state index >= 15 is 0 Å². The Hall–Kier alpha value is -0.830. The van der Waals surface area contributed by atoms with Gasteiger partial charge in [-0.25, -0.2) is 4.99 Å². The van der Waals surface area contributed by atoms with Crippen molar-refractivity contribution in [2.24, 2.45) is 10.7 Å². The average Bonchev–Trinajstić information content (AvgIpc) is 2.99. The van der Waals surface area contributed by atoms with Gasteiger partial charge < -0.3 is 16.0 Å². The molecule has 23 heavy (non-hydrogen) atoms. The molecule has 1 amide bonds. The Bertz CT molecular complexity index is 518. The zero-order chi connectivity index (χ0) is 15.8. The first-order valence-corrected chi connectivity index (χ1v) is 8.95. The SMILES string of the molecule is CCCCCCNC(N)=NCC(=O)N1CCc2sccc2C1.I. The van der Waals surface area contributed by atoms with Gasteiger partial charge in [-0.3, -0.25) is 4.79 Å². The Balaban J connectivity index is 0.00000264. The highest BCUT2D eigenvalue weighted by atomic mass is 127. The molecule has 0 spiro atoms. The lowest BCUT2D eigenvalue weighted by Crippen LogP contribution is -2.38. The largest absolute Gasteiger partial charge is 0.370 e. The van der Waals surface area contributed by atoms with Crippen LogP contribution in [0.15, 0.2) is 16.4 Å². The van der Waals surface area contributed by atoms with Crippen LogP contribution in [0.3, 0.4) is 0 Å². The van der Waals surface area contributed by atoms with Gasteiger partial charge in [0, 0.05) is 24.5 Å². The van der Waals surface area contributed by atoms with Crippen molar-refractivity contribution in [3.05, 3.63) is 21.9 Å². The molecule has 1 aromatic rings. The van der Waals surface area contributed by atoms with E-state index in [4.69, 9.17) is 5.73 Å². The molecule has 3 N–H and O–H groups in total. The number of amides is 1. The number of halogens is 1. The monoisotopic (exact) mass is 450 g/mol. The molecule has 7 heteroatoms. The Labute approximate surface area is 159 Å². The minimum Gasteiger partial charge on any atom is -0.370 e. The summed E-state index contributed by atoms with van der Waals surface area (Å²) in [4.78, 5) is 19.6. The van der Waals surface area contributed by atoms with Crippen LogP contribution >= 0.6 is 35.3 Å². The highest BCUT2D eigenvalue weighted by molar-refractivity contribution is 14.0. The van der Waals surface area contributed by atoms with E-state index < -0.39 is 0 Å². The molecule has 0 aliphatic carbocycles. The van der Waals surface area contributed by atoms with E-state index in [-0.39, 0.29) is 36.4 Å². The van der Waals surface area contributed by atoms with Crippen LogP contribution in [0.25, 0.3) is 0 Å². The summed E-state index contributed by atoms with van der Waals surface area (Å²) in [5, 5.41) is 5.16. The predicted octanol–water partition coefficient (Wildman–Crippen LogP) is 2.74. The van der Waals surface area contributed by atoms with Gasteiger partial charge >= 0.3 is 0 Å². The maximum absolute atomic E-state index is 12.2. The summed E-state index contributed by atoms with van der Waals surface area (Å²) in [5.41, 5.74) is 7.07. The molecule has 0 saturated carbocycles. The number of aliphatic imine (C=N–C) groups is 1. The summed E-state index contributed by atoms with van der Waals surface area (Å²) in [6, 6.07) is 2.11. The van der Waals surface area contributed by atoms with E-state index in [9.17, 15) is 4.79 Å². The summed E-state index contributed by atoms with van der Waals surface area (Å²) >= 11 is 1.78. The van der Waals surface area contributed by atoms with Crippen LogP contribution in [0, 0.1) is 0 Å². The number of carbonyl (C=O) groups is 1. The molecule has 1 aliphatic rings. The van der Waals surface area contributed by atoms with Crippen LogP contribution < -0.4 is 11.1 Å². The fraction of sp³-hybridized carbons (Fsp3) is 0.625. The summed E-state index contributed by atoms with van der Waals surface area (Å²) < 4.78 is 0.